The predicted molar refractivity (Wildman–Crippen MR) is 112 cm³/mol. The fourth-order valence-electron chi connectivity index (χ4n) is 3.18. The number of rotatable bonds is 7. The summed E-state index contributed by atoms with van der Waals surface area (Å²) in [5, 5.41) is 9.54. The van der Waals surface area contributed by atoms with E-state index in [0.29, 0.717) is 29.4 Å². The number of carbonyl (C=O) groups excluding carboxylic acids is 1. The lowest BCUT2D eigenvalue weighted by Crippen LogP contribution is -2.25. The van der Waals surface area contributed by atoms with Gasteiger partial charge >= 0.3 is 0 Å². The number of anilines is 1. The molecule has 3 rings (SSSR count). The Hall–Kier alpha value is -2.74. The van der Waals surface area contributed by atoms with Crippen molar-refractivity contribution in [1.29, 1.82) is 0 Å². The molecular formula is C20H25N5O2S. The Balaban J connectivity index is 2.09. The molecule has 3 aromatic rings. The summed E-state index contributed by atoms with van der Waals surface area (Å²) in [6, 6.07) is 5.72. The number of aromatic nitrogens is 4. The zero-order chi connectivity index (χ0) is 20.3. The third kappa shape index (κ3) is 3.91. The average Bonchev–Trinajstić information content (AvgIpc) is 3.32. The summed E-state index contributed by atoms with van der Waals surface area (Å²) >= 11 is 1.56. The van der Waals surface area contributed by atoms with E-state index in [1.807, 2.05) is 51.3 Å². The Labute approximate surface area is 167 Å². The Morgan fingerprint density at radius 2 is 2.07 bits per heavy atom. The molecule has 2 N–H and O–H groups in total. The maximum atomic E-state index is 12.6. The van der Waals surface area contributed by atoms with Gasteiger partial charge in [0, 0.05) is 23.2 Å². The highest BCUT2D eigenvalue weighted by Crippen LogP contribution is 2.27. The second kappa shape index (κ2) is 8.52. The zero-order valence-electron chi connectivity index (χ0n) is 16.6. The molecule has 7 nitrogen and oxygen atoms in total. The first-order valence-electron chi connectivity index (χ1n) is 9.53. The van der Waals surface area contributed by atoms with Crippen LogP contribution < -0.4 is 10.9 Å². The van der Waals surface area contributed by atoms with Crippen molar-refractivity contribution in [2.45, 2.75) is 47.0 Å². The van der Waals surface area contributed by atoms with Gasteiger partial charge in [-0.1, -0.05) is 26.8 Å². The lowest BCUT2D eigenvalue weighted by Gasteiger charge is -2.14. The summed E-state index contributed by atoms with van der Waals surface area (Å²) in [6.07, 6.45) is 2.12. The highest BCUT2D eigenvalue weighted by Gasteiger charge is 2.20. The number of aromatic amines is 1. The Morgan fingerprint density at radius 1 is 1.32 bits per heavy atom. The van der Waals surface area contributed by atoms with E-state index in [1.54, 1.807) is 11.3 Å². The molecule has 0 saturated carbocycles. The highest BCUT2D eigenvalue weighted by molar-refractivity contribution is 7.13. The molecule has 0 fully saturated rings. The smallest absolute Gasteiger partial charge is 0.255 e. The second-order valence-electron chi connectivity index (χ2n) is 6.61. The molecular weight excluding hydrogens is 374 g/mol. The van der Waals surface area contributed by atoms with Crippen LogP contribution >= 0.6 is 11.3 Å². The molecule has 3 aromatic heterocycles. The largest absolute Gasteiger partial charge is 0.310 e. The molecule has 0 radical (unpaired) electrons. The Bertz CT molecular complexity index is 1020. The number of aryl methyl sites for hydroxylation is 1. The van der Waals surface area contributed by atoms with Crippen molar-refractivity contribution in [3.63, 3.8) is 0 Å². The van der Waals surface area contributed by atoms with Crippen LogP contribution in [0.25, 0.3) is 16.5 Å². The molecule has 0 bridgehead atoms. The molecule has 0 atom stereocenters. The predicted octanol–water partition coefficient (Wildman–Crippen LogP) is 3.93. The van der Waals surface area contributed by atoms with Crippen LogP contribution in [0.5, 0.6) is 0 Å². The Morgan fingerprint density at radius 3 is 2.64 bits per heavy atom. The quantitative estimate of drug-likeness (QED) is 0.629. The number of amides is 1. The number of hydrogen-bond donors (Lipinski definition) is 2. The van der Waals surface area contributed by atoms with Crippen molar-refractivity contribution in [3.8, 4) is 16.5 Å². The van der Waals surface area contributed by atoms with Crippen LogP contribution in [0.2, 0.25) is 0 Å². The summed E-state index contributed by atoms with van der Waals surface area (Å²) in [5.74, 6) is 0.646. The molecule has 3 heterocycles. The first-order chi connectivity index (χ1) is 13.5. The summed E-state index contributed by atoms with van der Waals surface area (Å²) in [6.45, 7) is 7.72. The number of nitrogens with zero attached hydrogens (tertiary/aromatic N) is 3. The molecule has 0 unspecified atom stereocenters. The van der Waals surface area contributed by atoms with Crippen LogP contribution in [0.4, 0.5) is 5.82 Å². The Kier molecular flexibility index (Phi) is 6.08. The van der Waals surface area contributed by atoms with E-state index in [2.05, 4.69) is 20.4 Å². The molecule has 0 spiro atoms. The summed E-state index contributed by atoms with van der Waals surface area (Å²) < 4.78 is 1.50. The number of H-pyrrole nitrogens is 1. The second-order valence-corrected chi connectivity index (χ2v) is 7.56. The summed E-state index contributed by atoms with van der Waals surface area (Å²) in [4.78, 5) is 33.4. The van der Waals surface area contributed by atoms with Gasteiger partial charge in [0.15, 0.2) is 0 Å². The van der Waals surface area contributed by atoms with Gasteiger partial charge in [0.1, 0.15) is 11.5 Å². The number of thiophene rings is 1. The fourth-order valence-corrected chi connectivity index (χ4v) is 3.86. The first-order valence-corrected chi connectivity index (χ1v) is 10.4. The van der Waals surface area contributed by atoms with Crippen LogP contribution in [0, 0.1) is 12.8 Å². The minimum Gasteiger partial charge on any atom is -0.310 e. The monoisotopic (exact) mass is 399 g/mol. The maximum absolute atomic E-state index is 12.6. The maximum Gasteiger partial charge on any atom is 0.255 e. The van der Waals surface area contributed by atoms with Gasteiger partial charge in [-0.25, -0.2) is 4.98 Å². The SMILES string of the molecule is CCc1c(C)nc(-n2nc(-c3cccs3)cc2NC(=O)C(CC)CC)[nH]c1=O. The van der Waals surface area contributed by atoms with E-state index in [1.165, 1.54) is 4.68 Å². The third-order valence-corrected chi connectivity index (χ3v) is 5.75. The molecule has 0 aliphatic rings. The molecule has 1 amide bonds. The topological polar surface area (TPSA) is 92.7 Å². The molecule has 0 saturated heterocycles. The highest BCUT2D eigenvalue weighted by atomic mass is 32.1. The molecule has 0 aromatic carbocycles. The lowest BCUT2D eigenvalue weighted by molar-refractivity contribution is -0.120. The van der Waals surface area contributed by atoms with Crippen molar-refractivity contribution in [3.05, 3.63) is 45.2 Å². The van der Waals surface area contributed by atoms with Gasteiger partial charge in [0.05, 0.1) is 4.88 Å². The van der Waals surface area contributed by atoms with Crippen LogP contribution in [0.1, 0.15) is 44.9 Å². The minimum atomic E-state index is -0.185. The van der Waals surface area contributed by atoms with Crippen molar-refractivity contribution >= 4 is 23.1 Å². The van der Waals surface area contributed by atoms with Crippen molar-refractivity contribution in [1.82, 2.24) is 19.7 Å². The van der Waals surface area contributed by atoms with Gasteiger partial charge < -0.3 is 5.32 Å². The van der Waals surface area contributed by atoms with Gasteiger partial charge in [-0.15, -0.1) is 11.3 Å². The molecule has 0 aliphatic carbocycles. The van der Waals surface area contributed by atoms with Crippen molar-refractivity contribution in [2.24, 2.45) is 5.92 Å². The normalized spacial score (nSPS) is 11.2. The van der Waals surface area contributed by atoms with E-state index < -0.39 is 0 Å². The first kappa shape index (κ1) is 20.0. The van der Waals surface area contributed by atoms with Crippen molar-refractivity contribution < 1.29 is 4.79 Å². The summed E-state index contributed by atoms with van der Waals surface area (Å²) in [7, 11) is 0. The van der Waals surface area contributed by atoms with Gasteiger partial charge in [0.2, 0.25) is 11.9 Å². The summed E-state index contributed by atoms with van der Waals surface area (Å²) in [5.41, 5.74) is 1.84. The van der Waals surface area contributed by atoms with Crippen LogP contribution in [0.15, 0.2) is 28.4 Å². The molecule has 148 valence electrons. The average molecular weight is 400 g/mol. The number of carbonyl (C=O) groups is 1. The number of nitrogens with one attached hydrogen (secondary N) is 2. The molecule has 8 heteroatoms. The van der Waals surface area contributed by atoms with Crippen LogP contribution in [-0.2, 0) is 11.2 Å². The van der Waals surface area contributed by atoms with Crippen molar-refractivity contribution in [2.75, 3.05) is 5.32 Å². The van der Waals surface area contributed by atoms with Crippen LogP contribution in [-0.4, -0.2) is 25.7 Å². The zero-order valence-corrected chi connectivity index (χ0v) is 17.4. The van der Waals surface area contributed by atoms with Crippen LogP contribution in [0.3, 0.4) is 0 Å². The van der Waals surface area contributed by atoms with Gasteiger partial charge in [-0.3, -0.25) is 14.6 Å². The van der Waals surface area contributed by atoms with Gasteiger partial charge in [-0.05, 0) is 37.6 Å². The third-order valence-electron chi connectivity index (χ3n) is 4.85. The van der Waals surface area contributed by atoms with E-state index >= 15 is 0 Å². The lowest BCUT2D eigenvalue weighted by atomic mass is 10.0. The van der Waals surface area contributed by atoms with E-state index in [4.69, 9.17) is 0 Å². The van der Waals surface area contributed by atoms with E-state index in [9.17, 15) is 9.59 Å². The standard InChI is InChI=1S/C20H25N5O2S/c1-5-13(6-2)18(26)22-17-11-15(16-9-8-10-28-16)24-25(17)20-21-12(4)14(7-3)19(27)23-20/h8-11,13H,5-7H2,1-4H3,(H,22,26)(H,21,23,27). The fraction of sp³-hybridized carbons (Fsp3) is 0.400. The molecule has 28 heavy (non-hydrogen) atoms. The number of hydrogen-bond acceptors (Lipinski definition) is 5. The minimum absolute atomic E-state index is 0.0619. The van der Waals surface area contributed by atoms with Gasteiger partial charge in [-0.2, -0.15) is 9.78 Å². The van der Waals surface area contributed by atoms with E-state index in [0.717, 1.165) is 23.4 Å². The molecule has 0 aliphatic heterocycles. The van der Waals surface area contributed by atoms with Gasteiger partial charge in [0.25, 0.3) is 5.56 Å². The van der Waals surface area contributed by atoms with E-state index in [-0.39, 0.29) is 17.4 Å².